The molecular formula is C13H9NO2S. The molecule has 0 atom stereocenters. The highest BCUT2D eigenvalue weighted by molar-refractivity contribution is 7.10. The Balaban J connectivity index is 2.11. The van der Waals surface area contributed by atoms with Gasteiger partial charge in [0.15, 0.2) is 5.78 Å². The smallest absolute Gasteiger partial charge is 0.185 e. The summed E-state index contributed by atoms with van der Waals surface area (Å²) in [6.07, 6.45) is 3.30. The zero-order valence-corrected chi connectivity index (χ0v) is 9.68. The molecule has 0 aliphatic rings. The fourth-order valence-electron chi connectivity index (χ4n) is 1.33. The molecular weight excluding hydrogens is 234 g/mol. The van der Waals surface area contributed by atoms with Gasteiger partial charge in [0.2, 0.25) is 0 Å². The topological polar surface area (TPSA) is 46.5 Å². The average Bonchev–Trinajstić information content (AvgIpc) is 2.89. The first kappa shape index (κ1) is 11.4. The van der Waals surface area contributed by atoms with Gasteiger partial charge in [0.25, 0.3) is 0 Å². The number of rotatable bonds is 4. The van der Waals surface area contributed by atoms with Crippen LogP contribution in [0.5, 0.6) is 0 Å². The molecule has 3 nitrogen and oxygen atoms in total. The molecule has 0 unspecified atom stereocenters. The van der Waals surface area contributed by atoms with Gasteiger partial charge in [-0.1, -0.05) is 6.07 Å². The lowest BCUT2D eigenvalue weighted by atomic mass is 10.1. The SMILES string of the molecule is O=Nc1ccc(C(=O)/C=C/c2cccs2)cc1. The van der Waals surface area contributed by atoms with Crippen molar-refractivity contribution in [2.45, 2.75) is 0 Å². The molecule has 84 valence electrons. The fourth-order valence-corrected chi connectivity index (χ4v) is 1.94. The Morgan fingerprint density at radius 2 is 1.94 bits per heavy atom. The van der Waals surface area contributed by atoms with Gasteiger partial charge in [0.05, 0.1) is 0 Å². The first-order valence-corrected chi connectivity index (χ1v) is 5.87. The number of carbonyl (C=O) groups excluding carboxylic acids is 1. The minimum Gasteiger partial charge on any atom is -0.289 e. The van der Waals surface area contributed by atoms with Gasteiger partial charge in [-0.2, -0.15) is 0 Å². The van der Waals surface area contributed by atoms with Gasteiger partial charge < -0.3 is 0 Å². The molecule has 0 saturated carbocycles. The third-order valence-electron chi connectivity index (χ3n) is 2.20. The van der Waals surface area contributed by atoms with Crippen LogP contribution in [-0.4, -0.2) is 5.78 Å². The molecule has 0 N–H and O–H groups in total. The van der Waals surface area contributed by atoms with E-state index in [0.717, 1.165) is 4.88 Å². The molecule has 0 fully saturated rings. The monoisotopic (exact) mass is 243 g/mol. The first-order chi connectivity index (χ1) is 8.29. The molecule has 0 aliphatic heterocycles. The van der Waals surface area contributed by atoms with Gasteiger partial charge >= 0.3 is 0 Å². The molecule has 2 aromatic rings. The first-order valence-electron chi connectivity index (χ1n) is 4.99. The highest BCUT2D eigenvalue weighted by Gasteiger charge is 2.01. The van der Waals surface area contributed by atoms with Crippen LogP contribution in [0.4, 0.5) is 5.69 Å². The van der Waals surface area contributed by atoms with E-state index in [4.69, 9.17) is 0 Å². The molecule has 0 saturated heterocycles. The molecule has 0 aliphatic carbocycles. The van der Waals surface area contributed by atoms with E-state index in [9.17, 15) is 9.70 Å². The zero-order valence-electron chi connectivity index (χ0n) is 8.87. The number of nitrogens with zero attached hydrogens (tertiary/aromatic N) is 1. The normalized spacial score (nSPS) is 10.6. The molecule has 1 heterocycles. The van der Waals surface area contributed by atoms with Crippen LogP contribution >= 0.6 is 11.3 Å². The van der Waals surface area contributed by atoms with Gasteiger partial charge in [-0.05, 0) is 53.0 Å². The van der Waals surface area contributed by atoms with E-state index in [1.165, 1.54) is 18.2 Å². The average molecular weight is 243 g/mol. The molecule has 0 amide bonds. The molecule has 0 spiro atoms. The Hall–Kier alpha value is -2.07. The summed E-state index contributed by atoms with van der Waals surface area (Å²) in [5.74, 6) is -0.0872. The molecule has 4 heteroatoms. The summed E-state index contributed by atoms with van der Waals surface area (Å²) in [4.78, 5) is 23.0. The summed E-state index contributed by atoms with van der Waals surface area (Å²) in [5, 5.41) is 4.73. The quantitative estimate of drug-likeness (QED) is 0.462. The van der Waals surface area contributed by atoms with Crippen LogP contribution in [0.3, 0.4) is 0 Å². The third-order valence-corrected chi connectivity index (χ3v) is 3.04. The number of ketones is 1. The summed E-state index contributed by atoms with van der Waals surface area (Å²) in [6, 6.07) is 10.1. The van der Waals surface area contributed by atoms with Crippen LogP contribution < -0.4 is 0 Å². The van der Waals surface area contributed by atoms with Crippen LogP contribution in [-0.2, 0) is 0 Å². The lowest BCUT2D eigenvalue weighted by Gasteiger charge is -1.94. The third kappa shape index (κ3) is 2.95. The summed E-state index contributed by atoms with van der Waals surface area (Å²) in [5.41, 5.74) is 0.869. The number of nitroso groups, excluding NO2 is 1. The van der Waals surface area contributed by atoms with Crippen molar-refractivity contribution in [2.75, 3.05) is 0 Å². The lowest BCUT2D eigenvalue weighted by Crippen LogP contribution is -1.92. The van der Waals surface area contributed by atoms with E-state index >= 15 is 0 Å². The summed E-state index contributed by atoms with van der Waals surface area (Å²) < 4.78 is 0. The van der Waals surface area contributed by atoms with Crippen molar-refractivity contribution < 1.29 is 4.79 Å². The van der Waals surface area contributed by atoms with Crippen LogP contribution in [0.1, 0.15) is 15.2 Å². The maximum atomic E-state index is 11.7. The second-order valence-electron chi connectivity index (χ2n) is 3.35. The van der Waals surface area contributed by atoms with E-state index in [1.807, 2.05) is 17.5 Å². The van der Waals surface area contributed by atoms with Crippen LogP contribution in [0, 0.1) is 4.91 Å². The van der Waals surface area contributed by atoms with Crippen molar-refractivity contribution >= 4 is 28.9 Å². The van der Waals surface area contributed by atoms with E-state index in [1.54, 1.807) is 29.5 Å². The Morgan fingerprint density at radius 3 is 2.53 bits per heavy atom. The van der Waals surface area contributed by atoms with Gasteiger partial charge in [-0.3, -0.25) is 4.79 Å². The van der Waals surface area contributed by atoms with E-state index in [2.05, 4.69) is 5.18 Å². The van der Waals surface area contributed by atoms with Crippen molar-refractivity contribution in [1.29, 1.82) is 0 Å². The Morgan fingerprint density at radius 1 is 1.18 bits per heavy atom. The Kier molecular flexibility index (Phi) is 3.57. The highest BCUT2D eigenvalue weighted by atomic mass is 32.1. The fraction of sp³-hybridized carbons (Fsp3) is 0. The molecule has 1 aromatic carbocycles. The summed E-state index contributed by atoms with van der Waals surface area (Å²) >= 11 is 1.57. The molecule has 2 rings (SSSR count). The van der Waals surface area contributed by atoms with Crippen LogP contribution in [0.2, 0.25) is 0 Å². The van der Waals surface area contributed by atoms with E-state index in [-0.39, 0.29) is 5.78 Å². The van der Waals surface area contributed by atoms with Gasteiger partial charge in [-0.25, -0.2) is 0 Å². The molecule has 0 radical (unpaired) electrons. The number of hydrogen-bond acceptors (Lipinski definition) is 4. The Bertz CT molecular complexity index is 541. The van der Waals surface area contributed by atoms with Gasteiger partial charge in [0, 0.05) is 10.4 Å². The van der Waals surface area contributed by atoms with Gasteiger partial charge in [-0.15, -0.1) is 16.2 Å². The number of hydrogen-bond donors (Lipinski definition) is 0. The van der Waals surface area contributed by atoms with E-state index in [0.29, 0.717) is 11.3 Å². The largest absolute Gasteiger partial charge is 0.289 e. The maximum Gasteiger partial charge on any atom is 0.185 e. The highest BCUT2D eigenvalue weighted by Crippen LogP contribution is 2.14. The minimum atomic E-state index is -0.0872. The molecule has 17 heavy (non-hydrogen) atoms. The number of thiophene rings is 1. The number of benzene rings is 1. The Labute approximate surface area is 102 Å². The van der Waals surface area contributed by atoms with Crippen LogP contribution in [0.15, 0.2) is 53.0 Å². The lowest BCUT2D eigenvalue weighted by molar-refractivity contribution is 0.104. The van der Waals surface area contributed by atoms with E-state index < -0.39 is 0 Å². The predicted octanol–water partition coefficient (Wildman–Crippen LogP) is 4.04. The maximum absolute atomic E-state index is 11.7. The minimum absolute atomic E-state index is 0.0872. The summed E-state index contributed by atoms with van der Waals surface area (Å²) in [7, 11) is 0. The number of carbonyl (C=O) groups is 1. The summed E-state index contributed by atoms with van der Waals surface area (Å²) in [6.45, 7) is 0. The number of allylic oxidation sites excluding steroid dienone is 1. The van der Waals surface area contributed by atoms with Crippen molar-refractivity contribution in [1.82, 2.24) is 0 Å². The van der Waals surface area contributed by atoms with Crippen molar-refractivity contribution in [3.63, 3.8) is 0 Å². The molecule has 0 bridgehead atoms. The van der Waals surface area contributed by atoms with Crippen molar-refractivity contribution in [3.05, 3.63) is 63.2 Å². The zero-order chi connectivity index (χ0) is 12.1. The second kappa shape index (κ2) is 5.32. The second-order valence-corrected chi connectivity index (χ2v) is 4.33. The predicted molar refractivity (Wildman–Crippen MR) is 69.6 cm³/mol. The van der Waals surface area contributed by atoms with Crippen molar-refractivity contribution in [3.8, 4) is 0 Å². The van der Waals surface area contributed by atoms with Crippen LogP contribution in [0.25, 0.3) is 6.08 Å². The standard InChI is InChI=1S/C13H9NO2S/c15-13(8-7-12-2-1-9-17-12)10-3-5-11(14-16)6-4-10/h1-9H/b8-7+. The van der Waals surface area contributed by atoms with Gasteiger partial charge in [0.1, 0.15) is 5.69 Å². The van der Waals surface area contributed by atoms with Crippen molar-refractivity contribution in [2.24, 2.45) is 5.18 Å². The molecule has 1 aromatic heterocycles.